The van der Waals surface area contributed by atoms with Crippen molar-refractivity contribution in [2.45, 2.75) is 31.7 Å². The molecule has 0 aromatic carbocycles. The molecule has 4 heteroatoms. The molecule has 0 saturated carbocycles. The lowest BCUT2D eigenvalue weighted by molar-refractivity contribution is -0.122. The molecule has 2 unspecified atom stereocenters. The predicted molar refractivity (Wildman–Crippen MR) is 57.6 cm³/mol. The van der Waals surface area contributed by atoms with E-state index in [2.05, 4.69) is 10.6 Å². The number of nitrogens with one attached hydrogen (secondary N) is 2. The zero-order valence-electron chi connectivity index (χ0n) is 9.13. The summed E-state index contributed by atoms with van der Waals surface area (Å²) in [6.45, 7) is 3.46. The second-order valence-corrected chi connectivity index (χ2v) is 4.53. The highest BCUT2D eigenvalue weighted by Crippen LogP contribution is 2.15. The SMILES string of the molecule is O=C(CC1CCOC1)NCC1CCCN1. The molecule has 2 atom stereocenters. The Morgan fingerprint density at radius 1 is 1.47 bits per heavy atom. The largest absolute Gasteiger partial charge is 0.381 e. The van der Waals surface area contributed by atoms with Crippen LogP contribution in [0.25, 0.3) is 0 Å². The maximum Gasteiger partial charge on any atom is 0.220 e. The molecule has 2 N–H and O–H groups in total. The van der Waals surface area contributed by atoms with Crippen molar-refractivity contribution in [1.82, 2.24) is 10.6 Å². The minimum Gasteiger partial charge on any atom is -0.381 e. The maximum absolute atomic E-state index is 11.6. The number of carbonyl (C=O) groups excluding carboxylic acids is 1. The fourth-order valence-corrected chi connectivity index (χ4v) is 2.25. The lowest BCUT2D eigenvalue weighted by atomic mass is 10.0. The second kappa shape index (κ2) is 5.47. The number of hydrogen-bond donors (Lipinski definition) is 2. The van der Waals surface area contributed by atoms with Gasteiger partial charge < -0.3 is 15.4 Å². The van der Waals surface area contributed by atoms with E-state index in [0.717, 1.165) is 32.7 Å². The standard InChI is InChI=1S/C11H20N2O2/c14-11(6-9-3-5-15-8-9)13-7-10-2-1-4-12-10/h9-10,12H,1-8H2,(H,13,14). The Morgan fingerprint density at radius 2 is 2.40 bits per heavy atom. The van der Waals surface area contributed by atoms with Gasteiger partial charge in [-0.15, -0.1) is 0 Å². The zero-order valence-corrected chi connectivity index (χ0v) is 9.13. The van der Waals surface area contributed by atoms with Crippen LogP contribution in [0.3, 0.4) is 0 Å². The molecule has 2 fully saturated rings. The fourth-order valence-electron chi connectivity index (χ4n) is 2.25. The zero-order chi connectivity index (χ0) is 10.5. The lowest BCUT2D eigenvalue weighted by Gasteiger charge is -2.12. The summed E-state index contributed by atoms with van der Waals surface area (Å²) in [5.74, 6) is 0.626. The van der Waals surface area contributed by atoms with E-state index in [0.29, 0.717) is 18.4 Å². The Hall–Kier alpha value is -0.610. The van der Waals surface area contributed by atoms with Crippen molar-refractivity contribution in [3.8, 4) is 0 Å². The lowest BCUT2D eigenvalue weighted by Crippen LogP contribution is -2.37. The van der Waals surface area contributed by atoms with Gasteiger partial charge in [-0.1, -0.05) is 0 Å². The van der Waals surface area contributed by atoms with E-state index in [1.54, 1.807) is 0 Å². The van der Waals surface area contributed by atoms with Crippen LogP contribution in [0, 0.1) is 5.92 Å². The molecule has 2 rings (SSSR count). The first kappa shape index (κ1) is 10.9. The highest BCUT2D eigenvalue weighted by atomic mass is 16.5. The maximum atomic E-state index is 11.6. The molecule has 0 radical (unpaired) electrons. The van der Waals surface area contributed by atoms with E-state index in [4.69, 9.17) is 4.74 Å². The molecule has 0 bridgehead atoms. The monoisotopic (exact) mass is 212 g/mol. The summed E-state index contributed by atoms with van der Waals surface area (Å²) in [7, 11) is 0. The molecule has 2 aliphatic rings. The molecule has 1 amide bonds. The van der Waals surface area contributed by atoms with Crippen LogP contribution in [0.1, 0.15) is 25.7 Å². The van der Waals surface area contributed by atoms with Crippen molar-refractivity contribution in [3.63, 3.8) is 0 Å². The van der Waals surface area contributed by atoms with Gasteiger partial charge in [0.1, 0.15) is 0 Å². The second-order valence-electron chi connectivity index (χ2n) is 4.53. The molecule has 2 heterocycles. The average Bonchev–Trinajstić information content (AvgIpc) is 2.86. The van der Waals surface area contributed by atoms with Crippen LogP contribution in [0.15, 0.2) is 0 Å². The first-order valence-electron chi connectivity index (χ1n) is 5.92. The quantitative estimate of drug-likeness (QED) is 0.704. The highest BCUT2D eigenvalue weighted by molar-refractivity contribution is 5.76. The van der Waals surface area contributed by atoms with E-state index < -0.39 is 0 Å². The van der Waals surface area contributed by atoms with Gasteiger partial charge in [0.15, 0.2) is 0 Å². The summed E-state index contributed by atoms with van der Waals surface area (Å²) in [6.07, 6.45) is 4.09. The molecule has 2 aliphatic heterocycles. The van der Waals surface area contributed by atoms with E-state index in [1.165, 1.54) is 12.8 Å². The molecular weight excluding hydrogens is 192 g/mol. The van der Waals surface area contributed by atoms with Crippen molar-refractivity contribution in [3.05, 3.63) is 0 Å². The minimum absolute atomic E-state index is 0.180. The van der Waals surface area contributed by atoms with Gasteiger partial charge in [0.2, 0.25) is 5.91 Å². The summed E-state index contributed by atoms with van der Waals surface area (Å²) in [4.78, 5) is 11.6. The smallest absolute Gasteiger partial charge is 0.220 e. The summed E-state index contributed by atoms with van der Waals surface area (Å²) >= 11 is 0. The molecule has 0 aromatic rings. The molecule has 15 heavy (non-hydrogen) atoms. The first-order chi connectivity index (χ1) is 7.34. The minimum atomic E-state index is 0.180. The summed E-state index contributed by atoms with van der Waals surface area (Å²) in [5, 5.41) is 6.36. The van der Waals surface area contributed by atoms with Crippen LogP contribution in [-0.4, -0.2) is 38.3 Å². The first-order valence-corrected chi connectivity index (χ1v) is 5.92. The van der Waals surface area contributed by atoms with Crippen LogP contribution in [0.5, 0.6) is 0 Å². The van der Waals surface area contributed by atoms with E-state index in [1.807, 2.05) is 0 Å². The molecular formula is C11H20N2O2. The van der Waals surface area contributed by atoms with Gasteiger partial charge >= 0.3 is 0 Å². The van der Waals surface area contributed by atoms with Gasteiger partial charge in [0, 0.05) is 32.2 Å². The summed E-state index contributed by atoms with van der Waals surface area (Å²) < 4.78 is 5.24. The number of rotatable bonds is 4. The number of carbonyl (C=O) groups is 1. The number of ether oxygens (including phenoxy) is 1. The number of amides is 1. The molecule has 0 aromatic heterocycles. The van der Waals surface area contributed by atoms with Crippen LogP contribution in [0.2, 0.25) is 0 Å². The van der Waals surface area contributed by atoms with Crippen molar-refractivity contribution in [1.29, 1.82) is 0 Å². The predicted octanol–water partition coefficient (Wildman–Crippen LogP) is 0.281. The summed E-state index contributed by atoms with van der Waals surface area (Å²) in [6, 6.07) is 0.494. The van der Waals surface area contributed by atoms with Crippen LogP contribution in [-0.2, 0) is 9.53 Å². The van der Waals surface area contributed by atoms with Gasteiger partial charge in [-0.3, -0.25) is 4.79 Å². The van der Waals surface area contributed by atoms with Crippen molar-refractivity contribution in [2.75, 3.05) is 26.3 Å². The van der Waals surface area contributed by atoms with Crippen LogP contribution >= 0.6 is 0 Å². The van der Waals surface area contributed by atoms with E-state index in [-0.39, 0.29) is 5.91 Å². The third-order valence-electron chi connectivity index (χ3n) is 3.21. The van der Waals surface area contributed by atoms with Crippen molar-refractivity contribution in [2.24, 2.45) is 5.92 Å². The highest BCUT2D eigenvalue weighted by Gasteiger charge is 2.20. The Bertz CT molecular complexity index is 209. The Balaban J connectivity index is 1.59. The Labute approximate surface area is 90.8 Å². The summed E-state index contributed by atoms with van der Waals surface area (Å²) in [5.41, 5.74) is 0. The topological polar surface area (TPSA) is 50.4 Å². The van der Waals surface area contributed by atoms with Gasteiger partial charge in [-0.05, 0) is 31.7 Å². The van der Waals surface area contributed by atoms with Gasteiger partial charge in [-0.2, -0.15) is 0 Å². The van der Waals surface area contributed by atoms with Crippen molar-refractivity contribution >= 4 is 5.91 Å². The molecule has 86 valence electrons. The van der Waals surface area contributed by atoms with Gasteiger partial charge in [0.25, 0.3) is 0 Å². The fraction of sp³-hybridized carbons (Fsp3) is 0.909. The normalized spacial score (nSPS) is 30.7. The van der Waals surface area contributed by atoms with Crippen LogP contribution in [0.4, 0.5) is 0 Å². The molecule has 0 spiro atoms. The van der Waals surface area contributed by atoms with E-state index >= 15 is 0 Å². The third-order valence-corrected chi connectivity index (χ3v) is 3.21. The molecule has 4 nitrogen and oxygen atoms in total. The van der Waals surface area contributed by atoms with Gasteiger partial charge in [0.05, 0.1) is 0 Å². The molecule has 2 saturated heterocycles. The average molecular weight is 212 g/mol. The number of hydrogen-bond acceptors (Lipinski definition) is 3. The van der Waals surface area contributed by atoms with Crippen LogP contribution < -0.4 is 10.6 Å². The Kier molecular flexibility index (Phi) is 3.97. The van der Waals surface area contributed by atoms with Gasteiger partial charge in [-0.25, -0.2) is 0 Å². The van der Waals surface area contributed by atoms with Crippen molar-refractivity contribution < 1.29 is 9.53 Å². The van der Waals surface area contributed by atoms with E-state index in [9.17, 15) is 4.79 Å². The Morgan fingerprint density at radius 3 is 3.07 bits per heavy atom. The third kappa shape index (κ3) is 3.47. The molecule has 0 aliphatic carbocycles.